The third-order valence-electron chi connectivity index (χ3n) is 2.72. The van der Waals surface area contributed by atoms with Crippen molar-refractivity contribution in [3.8, 4) is 0 Å². The molecule has 1 fully saturated rings. The summed E-state index contributed by atoms with van der Waals surface area (Å²) in [6, 6.07) is 0. The van der Waals surface area contributed by atoms with Gasteiger partial charge in [-0.05, 0) is 32.6 Å². The summed E-state index contributed by atoms with van der Waals surface area (Å²) in [6.45, 7) is 13.7. The zero-order valence-electron chi connectivity index (χ0n) is 7.98. The van der Waals surface area contributed by atoms with Gasteiger partial charge < -0.3 is 4.90 Å². The van der Waals surface area contributed by atoms with Crippen LogP contribution in [0, 0.1) is 0 Å². The van der Waals surface area contributed by atoms with Crippen LogP contribution in [-0.2, 0) is 0 Å². The Balaban J connectivity index is 2.38. The Hall–Kier alpha value is -0.0831. The lowest BCUT2D eigenvalue weighted by atomic mass is 10.2. The first kappa shape index (κ1) is 9.01. The summed E-state index contributed by atoms with van der Waals surface area (Å²) in [6.07, 6.45) is 2.73. The molecule has 64 valence electrons. The Kier molecular flexibility index (Phi) is 2.55. The predicted molar refractivity (Wildman–Crippen MR) is 53.4 cm³/mol. The molecule has 1 aliphatic heterocycles. The lowest BCUT2D eigenvalue weighted by Crippen LogP contribution is -2.49. The molecule has 1 heterocycles. The van der Waals surface area contributed by atoms with Crippen LogP contribution in [0.15, 0.2) is 11.8 Å². The quantitative estimate of drug-likeness (QED) is 0.585. The fourth-order valence-corrected chi connectivity index (χ4v) is 2.94. The molecule has 2 heteroatoms. The summed E-state index contributed by atoms with van der Waals surface area (Å²) >= 11 is 0. The molecule has 1 nitrogen and oxygen atoms in total. The molecule has 0 saturated carbocycles. The van der Waals surface area contributed by atoms with Crippen LogP contribution in [0.5, 0.6) is 0 Å². The highest BCUT2D eigenvalue weighted by Gasteiger charge is 2.27. The lowest BCUT2D eigenvalue weighted by Gasteiger charge is -2.37. The zero-order chi connectivity index (χ0) is 8.48. The minimum Gasteiger partial charge on any atom is -0.306 e. The normalized spacial score (nSPS) is 19.5. The van der Waals surface area contributed by atoms with E-state index >= 15 is 0 Å². The van der Waals surface area contributed by atoms with E-state index in [1.165, 1.54) is 30.9 Å². The molecular formula is C9H19NSi. The molecule has 0 aromatic carbocycles. The number of rotatable bonds is 3. The van der Waals surface area contributed by atoms with Crippen molar-refractivity contribution in [2.24, 2.45) is 0 Å². The standard InChI is InChI=1S/C9H19NSi/c1-9(2)11(3,4)8-10-6-5-7-10/h1,5-8H2,2-4H3. The van der Waals surface area contributed by atoms with Crippen molar-refractivity contribution >= 4 is 8.07 Å². The first-order valence-electron chi connectivity index (χ1n) is 4.41. The fraction of sp³-hybridized carbons (Fsp3) is 0.778. The third kappa shape index (κ3) is 2.17. The smallest absolute Gasteiger partial charge is 0.0886 e. The van der Waals surface area contributed by atoms with E-state index in [0.717, 1.165) is 0 Å². The molecule has 1 aliphatic rings. The van der Waals surface area contributed by atoms with Crippen molar-refractivity contribution in [3.63, 3.8) is 0 Å². The summed E-state index contributed by atoms with van der Waals surface area (Å²) < 4.78 is 0. The van der Waals surface area contributed by atoms with Crippen LogP contribution in [0.1, 0.15) is 13.3 Å². The van der Waals surface area contributed by atoms with E-state index in [4.69, 9.17) is 0 Å². The van der Waals surface area contributed by atoms with Gasteiger partial charge in [0.2, 0.25) is 0 Å². The molecule has 11 heavy (non-hydrogen) atoms. The highest BCUT2D eigenvalue weighted by atomic mass is 28.3. The minimum atomic E-state index is -1.08. The molecule has 0 atom stereocenters. The zero-order valence-corrected chi connectivity index (χ0v) is 8.98. The number of nitrogens with zero attached hydrogens (tertiary/aromatic N) is 1. The molecule has 0 bridgehead atoms. The van der Waals surface area contributed by atoms with Gasteiger partial charge in [0.25, 0.3) is 0 Å². The topological polar surface area (TPSA) is 3.24 Å². The molecule has 0 N–H and O–H groups in total. The van der Waals surface area contributed by atoms with Crippen LogP contribution >= 0.6 is 0 Å². The maximum atomic E-state index is 4.07. The molecular weight excluding hydrogens is 150 g/mol. The first-order valence-corrected chi connectivity index (χ1v) is 7.61. The van der Waals surface area contributed by atoms with E-state index in [1.54, 1.807) is 0 Å². The second-order valence-electron chi connectivity index (χ2n) is 4.29. The van der Waals surface area contributed by atoms with E-state index in [0.29, 0.717) is 0 Å². The average Bonchev–Trinajstić information content (AvgIpc) is 1.79. The highest BCUT2D eigenvalue weighted by Crippen LogP contribution is 2.17. The average molecular weight is 169 g/mol. The Morgan fingerprint density at radius 3 is 2.27 bits per heavy atom. The van der Waals surface area contributed by atoms with E-state index in [1.807, 2.05) is 0 Å². The van der Waals surface area contributed by atoms with Crippen molar-refractivity contribution in [1.82, 2.24) is 4.90 Å². The van der Waals surface area contributed by atoms with Crippen molar-refractivity contribution in [1.29, 1.82) is 0 Å². The van der Waals surface area contributed by atoms with Crippen molar-refractivity contribution in [2.75, 3.05) is 19.3 Å². The minimum absolute atomic E-state index is 1.08. The molecule has 0 amide bonds. The van der Waals surface area contributed by atoms with Crippen molar-refractivity contribution in [3.05, 3.63) is 11.8 Å². The maximum absolute atomic E-state index is 4.07. The third-order valence-corrected chi connectivity index (χ3v) is 6.27. The van der Waals surface area contributed by atoms with E-state index in [2.05, 4.69) is 31.5 Å². The second-order valence-corrected chi connectivity index (χ2v) is 9.23. The van der Waals surface area contributed by atoms with Crippen LogP contribution < -0.4 is 0 Å². The highest BCUT2D eigenvalue weighted by molar-refractivity contribution is 6.84. The van der Waals surface area contributed by atoms with Gasteiger partial charge in [-0.2, -0.15) is 0 Å². The molecule has 0 unspecified atom stereocenters. The summed E-state index contributed by atoms with van der Waals surface area (Å²) in [5.74, 6) is 0. The van der Waals surface area contributed by atoms with Gasteiger partial charge in [-0.1, -0.05) is 18.3 Å². The van der Waals surface area contributed by atoms with Gasteiger partial charge in [0.15, 0.2) is 0 Å². The summed E-state index contributed by atoms with van der Waals surface area (Å²) in [5, 5.41) is 1.43. The number of likely N-dealkylation sites (tertiary alicyclic amines) is 1. The Bertz CT molecular complexity index is 159. The van der Waals surface area contributed by atoms with Gasteiger partial charge in [0, 0.05) is 0 Å². The molecule has 1 saturated heterocycles. The second kappa shape index (κ2) is 3.11. The van der Waals surface area contributed by atoms with E-state index in [9.17, 15) is 0 Å². The molecule has 0 aliphatic carbocycles. The molecule has 0 aromatic heterocycles. The van der Waals surface area contributed by atoms with Gasteiger partial charge in [-0.25, -0.2) is 0 Å². The molecule has 1 rings (SSSR count). The van der Waals surface area contributed by atoms with Gasteiger partial charge in [0.1, 0.15) is 0 Å². The van der Waals surface area contributed by atoms with Crippen LogP contribution in [0.4, 0.5) is 0 Å². The maximum Gasteiger partial charge on any atom is 0.0886 e. The largest absolute Gasteiger partial charge is 0.306 e. The Morgan fingerprint density at radius 1 is 1.45 bits per heavy atom. The van der Waals surface area contributed by atoms with Crippen molar-refractivity contribution < 1.29 is 0 Å². The van der Waals surface area contributed by atoms with Crippen molar-refractivity contribution in [2.45, 2.75) is 26.4 Å². The summed E-state index contributed by atoms with van der Waals surface area (Å²) in [5.41, 5.74) is 0. The number of hydrogen-bond donors (Lipinski definition) is 0. The predicted octanol–water partition coefficient (Wildman–Crippen LogP) is 2.05. The molecule has 0 radical (unpaired) electrons. The molecule has 0 aromatic rings. The van der Waals surface area contributed by atoms with E-state index < -0.39 is 8.07 Å². The lowest BCUT2D eigenvalue weighted by molar-refractivity contribution is 0.211. The van der Waals surface area contributed by atoms with Gasteiger partial charge in [0.05, 0.1) is 8.07 Å². The number of allylic oxidation sites excluding steroid dienone is 1. The van der Waals surface area contributed by atoms with E-state index in [-0.39, 0.29) is 0 Å². The Morgan fingerprint density at radius 2 is 2.00 bits per heavy atom. The SMILES string of the molecule is C=C(C)[Si](C)(C)CN1CCC1. The summed E-state index contributed by atoms with van der Waals surface area (Å²) in [4.78, 5) is 2.56. The van der Waals surface area contributed by atoms with Gasteiger partial charge in [-0.3, -0.25) is 0 Å². The van der Waals surface area contributed by atoms with Crippen LogP contribution in [0.3, 0.4) is 0 Å². The monoisotopic (exact) mass is 169 g/mol. The number of hydrogen-bond acceptors (Lipinski definition) is 1. The molecule has 0 spiro atoms. The van der Waals surface area contributed by atoms with Crippen LogP contribution in [0.25, 0.3) is 0 Å². The van der Waals surface area contributed by atoms with Gasteiger partial charge >= 0.3 is 0 Å². The van der Waals surface area contributed by atoms with Crippen LogP contribution in [0.2, 0.25) is 13.1 Å². The Labute approximate surface area is 71.1 Å². The van der Waals surface area contributed by atoms with Gasteiger partial charge in [-0.15, -0.1) is 6.58 Å². The first-order chi connectivity index (χ1) is 5.02. The van der Waals surface area contributed by atoms with Crippen LogP contribution in [-0.4, -0.2) is 32.2 Å². The fourth-order valence-electron chi connectivity index (χ4n) is 1.23. The summed E-state index contributed by atoms with van der Waals surface area (Å²) in [7, 11) is -1.08.